The zero-order chi connectivity index (χ0) is 11.5. The smallest absolute Gasteiger partial charge is 0.0681 e. The third kappa shape index (κ3) is 2.63. The van der Waals surface area contributed by atoms with E-state index in [0.29, 0.717) is 12.1 Å². The van der Waals surface area contributed by atoms with Crippen LogP contribution in [0, 0.1) is 5.92 Å². The second kappa shape index (κ2) is 4.98. The molecular weight excluding hydrogens is 198 g/mol. The van der Waals surface area contributed by atoms with Gasteiger partial charge in [-0.05, 0) is 36.8 Å². The number of aliphatic hydroxyl groups is 1. The predicted molar refractivity (Wildman–Crippen MR) is 66.1 cm³/mol. The lowest BCUT2D eigenvalue weighted by atomic mass is 9.81. The summed E-state index contributed by atoms with van der Waals surface area (Å²) in [5.41, 5.74) is 2.26. The molecule has 1 aliphatic rings. The highest BCUT2D eigenvalue weighted by molar-refractivity contribution is 5.25. The summed E-state index contributed by atoms with van der Waals surface area (Å²) < 4.78 is 0. The van der Waals surface area contributed by atoms with Gasteiger partial charge in [-0.3, -0.25) is 0 Å². The highest BCUT2D eigenvalue weighted by Crippen LogP contribution is 2.28. The summed E-state index contributed by atoms with van der Waals surface area (Å²) in [6.45, 7) is 4.62. The van der Waals surface area contributed by atoms with Crippen LogP contribution in [0.1, 0.15) is 43.9 Å². The molecule has 2 N–H and O–H groups in total. The first-order valence-electron chi connectivity index (χ1n) is 6.14. The van der Waals surface area contributed by atoms with Crippen LogP contribution in [-0.4, -0.2) is 11.1 Å². The van der Waals surface area contributed by atoms with Gasteiger partial charge >= 0.3 is 0 Å². The molecule has 0 heterocycles. The first kappa shape index (κ1) is 11.6. The van der Waals surface area contributed by atoms with Gasteiger partial charge in [0, 0.05) is 12.1 Å². The summed E-state index contributed by atoms with van der Waals surface area (Å²) in [4.78, 5) is 0. The van der Waals surface area contributed by atoms with Gasteiger partial charge in [-0.25, -0.2) is 0 Å². The maximum absolute atomic E-state index is 9.10. The number of benzene rings is 1. The molecule has 0 radical (unpaired) electrons. The summed E-state index contributed by atoms with van der Waals surface area (Å²) in [7, 11) is 0. The summed E-state index contributed by atoms with van der Waals surface area (Å²) >= 11 is 0. The van der Waals surface area contributed by atoms with Crippen molar-refractivity contribution in [1.82, 2.24) is 5.32 Å². The molecule has 2 heteroatoms. The van der Waals surface area contributed by atoms with Crippen molar-refractivity contribution in [3.8, 4) is 0 Å². The molecule has 0 amide bonds. The van der Waals surface area contributed by atoms with Gasteiger partial charge in [0.2, 0.25) is 0 Å². The largest absolute Gasteiger partial charge is 0.392 e. The Morgan fingerprint density at radius 3 is 2.81 bits per heavy atom. The molecule has 16 heavy (non-hydrogen) atoms. The minimum absolute atomic E-state index is 0.126. The summed E-state index contributed by atoms with van der Waals surface area (Å²) in [6.07, 6.45) is 2.59. The minimum Gasteiger partial charge on any atom is -0.392 e. The number of hydrogen-bond acceptors (Lipinski definition) is 2. The maximum atomic E-state index is 9.10. The number of hydrogen-bond donors (Lipinski definition) is 2. The van der Waals surface area contributed by atoms with Gasteiger partial charge in [-0.1, -0.05) is 31.2 Å². The van der Waals surface area contributed by atoms with Crippen molar-refractivity contribution in [1.29, 1.82) is 0 Å². The number of rotatable bonds is 4. The van der Waals surface area contributed by atoms with Crippen molar-refractivity contribution in [2.45, 2.75) is 45.4 Å². The average Bonchev–Trinajstić information content (AvgIpc) is 2.27. The summed E-state index contributed by atoms with van der Waals surface area (Å²) in [5, 5.41) is 12.7. The fourth-order valence-electron chi connectivity index (χ4n) is 2.45. The topological polar surface area (TPSA) is 32.3 Å². The van der Waals surface area contributed by atoms with Crippen LogP contribution in [0.5, 0.6) is 0 Å². The van der Waals surface area contributed by atoms with Crippen LogP contribution in [0.3, 0.4) is 0 Å². The molecule has 1 unspecified atom stereocenters. The van der Waals surface area contributed by atoms with Gasteiger partial charge in [-0.2, -0.15) is 0 Å². The molecule has 0 aliphatic heterocycles. The molecule has 0 bridgehead atoms. The first-order chi connectivity index (χ1) is 7.69. The van der Waals surface area contributed by atoms with E-state index in [1.807, 2.05) is 12.1 Å². The van der Waals surface area contributed by atoms with Crippen LogP contribution >= 0.6 is 0 Å². The Hall–Kier alpha value is -0.860. The van der Waals surface area contributed by atoms with Gasteiger partial charge in [0.25, 0.3) is 0 Å². The molecule has 1 aromatic carbocycles. The predicted octanol–water partition coefficient (Wildman–Crippen LogP) is 2.63. The minimum atomic E-state index is 0.126. The molecule has 2 nitrogen and oxygen atoms in total. The third-order valence-electron chi connectivity index (χ3n) is 3.49. The van der Waals surface area contributed by atoms with Gasteiger partial charge in [0.15, 0.2) is 0 Å². The zero-order valence-electron chi connectivity index (χ0n) is 10.1. The van der Waals surface area contributed by atoms with Gasteiger partial charge in [0.1, 0.15) is 0 Å². The Bertz CT molecular complexity index is 344. The van der Waals surface area contributed by atoms with E-state index in [2.05, 4.69) is 31.3 Å². The average molecular weight is 219 g/mol. The quantitative estimate of drug-likeness (QED) is 0.816. The van der Waals surface area contributed by atoms with Gasteiger partial charge in [-0.15, -0.1) is 0 Å². The molecule has 1 fully saturated rings. The lowest BCUT2D eigenvalue weighted by Gasteiger charge is -2.35. The van der Waals surface area contributed by atoms with Gasteiger partial charge in [0.05, 0.1) is 6.61 Å². The second-order valence-electron chi connectivity index (χ2n) is 5.07. The van der Waals surface area contributed by atoms with Crippen LogP contribution in [0.4, 0.5) is 0 Å². The number of aliphatic hydroxyl groups excluding tert-OH is 1. The van der Waals surface area contributed by atoms with Crippen molar-refractivity contribution in [3.05, 3.63) is 35.4 Å². The highest BCUT2D eigenvalue weighted by atomic mass is 16.3. The highest BCUT2D eigenvalue weighted by Gasteiger charge is 2.26. The van der Waals surface area contributed by atoms with E-state index in [9.17, 15) is 0 Å². The SMILES string of the molecule is CC1CC(NC(C)c2cccc(CO)c2)C1. The normalized spacial score (nSPS) is 26.2. The van der Waals surface area contributed by atoms with Crippen LogP contribution in [0.25, 0.3) is 0 Å². The van der Waals surface area contributed by atoms with E-state index in [1.54, 1.807) is 0 Å². The molecule has 0 spiro atoms. The van der Waals surface area contributed by atoms with Crippen molar-refractivity contribution in [2.75, 3.05) is 0 Å². The fraction of sp³-hybridized carbons (Fsp3) is 0.571. The second-order valence-corrected chi connectivity index (χ2v) is 5.07. The molecule has 0 saturated heterocycles. The lowest BCUT2D eigenvalue weighted by molar-refractivity contribution is 0.226. The van der Waals surface area contributed by atoms with Crippen LogP contribution in [0.2, 0.25) is 0 Å². The lowest BCUT2D eigenvalue weighted by Crippen LogP contribution is -2.41. The molecule has 1 aliphatic carbocycles. The third-order valence-corrected chi connectivity index (χ3v) is 3.49. The maximum Gasteiger partial charge on any atom is 0.0681 e. The van der Waals surface area contributed by atoms with Crippen LogP contribution in [-0.2, 0) is 6.61 Å². The van der Waals surface area contributed by atoms with E-state index >= 15 is 0 Å². The van der Waals surface area contributed by atoms with E-state index in [0.717, 1.165) is 11.5 Å². The van der Waals surface area contributed by atoms with Crippen molar-refractivity contribution >= 4 is 0 Å². The summed E-state index contributed by atoms with van der Waals surface area (Å²) in [6, 6.07) is 9.25. The molecular formula is C14H21NO. The molecule has 88 valence electrons. The molecule has 0 aromatic heterocycles. The fourth-order valence-corrected chi connectivity index (χ4v) is 2.45. The Morgan fingerprint density at radius 1 is 1.44 bits per heavy atom. The van der Waals surface area contributed by atoms with Crippen molar-refractivity contribution < 1.29 is 5.11 Å². The molecule has 2 rings (SSSR count). The van der Waals surface area contributed by atoms with Crippen LogP contribution in [0.15, 0.2) is 24.3 Å². The number of nitrogens with one attached hydrogen (secondary N) is 1. The Labute approximate surface area is 97.7 Å². The summed E-state index contributed by atoms with van der Waals surface area (Å²) in [5.74, 6) is 0.883. The van der Waals surface area contributed by atoms with E-state index < -0.39 is 0 Å². The Balaban J connectivity index is 1.94. The van der Waals surface area contributed by atoms with Gasteiger partial charge < -0.3 is 10.4 Å². The Kier molecular flexibility index (Phi) is 3.62. The zero-order valence-corrected chi connectivity index (χ0v) is 10.1. The van der Waals surface area contributed by atoms with Crippen molar-refractivity contribution in [2.24, 2.45) is 5.92 Å². The van der Waals surface area contributed by atoms with Crippen molar-refractivity contribution in [3.63, 3.8) is 0 Å². The van der Waals surface area contributed by atoms with Crippen LogP contribution < -0.4 is 5.32 Å². The van der Waals surface area contributed by atoms with E-state index in [1.165, 1.54) is 18.4 Å². The molecule has 1 aromatic rings. The monoisotopic (exact) mass is 219 g/mol. The molecule has 1 saturated carbocycles. The Morgan fingerprint density at radius 2 is 2.19 bits per heavy atom. The first-order valence-corrected chi connectivity index (χ1v) is 6.14. The standard InChI is InChI=1S/C14H21NO/c1-10-6-14(7-10)15-11(2)13-5-3-4-12(8-13)9-16/h3-5,8,10-11,14-16H,6-7,9H2,1-2H3. The van der Waals surface area contributed by atoms with E-state index in [4.69, 9.17) is 5.11 Å². The molecule has 1 atom stereocenters. The van der Waals surface area contributed by atoms with E-state index in [-0.39, 0.29) is 6.61 Å².